The fourth-order valence-electron chi connectivity index (χ4n) is 2.62. The molecular formula is C19H15N3O5. The average molecular weight is 365 g/mol. The maximum Gasteiger partial charge on any atom is 0.275 e. The fourth-order valence-corrected chi connectivity index (χ4v) is 2.62. The first-order chi connectivity index (χ1) is 13.0. The van der Waals surface area contributed by atoms with Gasteiger partial charge in [-0.15, -0.1) is 0 Å². The maximum absolute atomic E-state index is 12.2. The molecule has 0 unspecified atom stereocenters. The van der Waals surface area contributed by atoms with E-state index in [4.69, 9.17) is 4.74 Å². The standard InChI is InChI=1S/C19H15N3O5/c1-27-18-9-6-12-4-2-3-5-14(12)16(18)11-20-21-19(24)15-10-13(22(25)26)7-8-17(15)23/h2-11,23H,1H3,(H,21,24)/b20-11+. The Morgan fingerprint density at radius 2 is 2.00 bits per heavy atom. The molecule has 0 radical (unpaired) electrons. The number of nitrogens with zero attached hydrogens (tertiary/aromatic N) is 2. The summed E-state index contributed by atoms with van der Waals surface area (Å²) < 4.78 is 5.34. The Balaban J connectivity index is 1.88. The van der Waals surface area contributed by atoms with Crippen LogP contribution in [0.3, 0.4) is 0 Å². The first kappa shape index (κ1) is 17.9. The molecule has 1 amide bonds. The number of ether oxygens (including phenoxy) is 1. The number of amides is 1. The summed E-state index contributed by atoms with van der Waals surface area (Å²) in [4.78, 5) is 22.4. The van der Waals surface area contributed by atoms with Gasteiger partial charge < -0.3 is 9.84 Å². The van der Waals surface area contributed by atoms with Gasteiger partial charge >= 0.3 is 0 Å². The third-order valence-corrected chi connectivity index (χ3v) is 3.95. The fraction of sp³-hybridized carbons (Fsp3) is 0.0526. The molecular weight excluding hydrogens is 350 g/mol. The number of phenolic OH excluding ortho intramolecular Hbond substituents is 1. The minimum absolute atomic E-state index is 0.244. The first-order valence-electron chi connectivity index (χ1n) is 7.88. The number of aromatic hydroxyl groups is 1. The molecule has 0 saturated carbocycles. The van der Waals surface area contributed by atoms with E-state index in [1.54, 1.807) is 6.07 Å². The molecule has 8 nitrogen and oxygen atoms in total. The first-order valence-corrected chi connectivity index (χ1v) is 7.88. The van der Waals surface area contributed by atoms with Gasteiger partial charge in [0.2, 0.25) is 0 Å². The van der Waals surface area contributed by atoms with Crippen molar-refractivity contribution in [3.63, 3.8) is 0 Å². The summed E-state index contributed by atoms with van der Waals surface area (Å²) in [6.45, 7) is 0. The van der Waals surface area contributed by atoms with Gasteiger partial charge in [-0.2, -0.15) is 5.10 Å². The lowest BCUT2D eigenvalue weighted by Crippen LogP contribution is -2.18. The van der Waals surface area contributed by atoms with E-state index in [0.717, 1.165) is 29.0 Å². The lowest BCUT2D eigenvalue weighted by molar-refractivity contribution is -0.384. The van der Waals surface area contributed by atoms with Crippen LogP contribution >= 0.6 is 0 Å². The number of methoxy groups -OCH3 is 1. The minimum atomic E-state index is -0.772. The van der Waals surface area contributed by atoms with Crippen LogP contribution in [-0.4, -0.2) is 29.3 Å². The van der Waals surface area contributed by atoms with Gasteiger partial charge in [-0.05, 0) is 22.9 Å². The lowest BCUT2D eigenvalue weighted by Gasteiger charge is -2.08. The maximum atomic E-state index is 12.2. The number of rotatable bonds is 5. The van der Waals surface area contributed by atoms with E-state index in [0.29, 0.717) is 11.3 Å². The van der Waals surface area contributed by atoms with Gasteiger partial charge in [0.05, 0.1) is 23.8 Å². The van der Waals surface area contributed by atoms with Crippen LogP contribution in [0.2, 0.25) is 0 Å². The molecule has 0 aromatic heterocycles. The van der Waals surface area contributed by atoms with Crippen molar-refractivity contribution in [3.05, 3.63) is 75.8 Å². The van der Waals surface area contributed by atoms with Crippen molar-refractivity contribution in [2.75, 3.05) is 7.11 Å². The highest BCUT2D eigenvalue weighted by molar-refractivity contribution is 6.03. The molecule has 0 spiro atoms. The number of non-ortho nitro benzene ring substituents is 1. The summed E-state index contributed by atoms with van der Waals surface area (Å²) >= 11 is 0. The second-order valence-corrected chi connectivity index (χ2v) is 5.56. The Hall–Kier alpha value is -3.94. The summed E-state index contributed by atoms with van der Waals surface area (Å²) in [5.74, 6) is -0.576. The summed E-state index contributed by atoms with van der Waals surface area (Å²) in [6.07, 6.45) is 1.42. The van der Waals surface area contributed by atoms with Crippen molar-refractivity contribution in [3.8, 4) is 11.5 Å². The molecule has 8 heteroatoms. The number of nitrogens with one attached hydrogen (secondary N) is 1. The second-order valence-electron chi connectivity index (χ2n) is 5.56. The van der Waals surface area contributed by atoms with Crippen molar-refractivity contribution in [2.45, 2.75) is 0 Å². The summed E-state index contributed by atoms with van der Waals surface area (Å²) in [5.41, 5.74) is 2.38. The van der Waals surface area contributed by atoms with Crippen molar-refractivity contribution < 1.29 is 19.6 Å². The normalized spacial score (nSPS) is 10.9. The smallest absolute Gasteiger partial charge is 0.275 e. The van der Waals surface area contributed by atoms with Crippen LogP contribution in [0.1, 0.15) is 15.9 Å². The third-order valence-electron chi connectivity index (χ3n) is 3.95. The molecule has 0 aliphatic heterocycles. The number of carbonyl (C=O) groups excluding carboxylic acids is 1. The van der Waals surface area contributed by atoms with E-state index in [1.807, 2.05) is 30.3 Å². The number of benzene rings is 3. The van der Waals surface area contributed by atoms with Gasteiger partial charge in [0.15, 0.2) is 0 Å². The predicted molar refractivity (Wildman–Crippen MR) is 100 cm³/mol. The van der Waals surface area contributed by atoms with Crippen molar-refractivity contribution in [2.24, 2.45) is 5.10 Å². The topological polar surface area (TPSA) is 114 Å². The largest absolute Gasteiger partial charge is 0.507 e. The van der Waals surface area contributed by atoms with Crippen LogP contribution in [0.5, 0.6) is 11.5 Å². The molecule has 0 aliphatic carbocycles. The quantitative estimate of drug-likeness (QED) is 0.409. The van der Waals surface area contributed by atoms with Crippen LogP contribution in [-0.2, 0) is 0 Å². The van der Waals surface area contributed by atoms with Crippen LogP contribution in [0.4, 0.5) is 5.69 Å². The minimum Gasteiger partial charge on any atom is -0.507 e. The molecule has 0 saturated heterocycles. The number of phenols is 1. The monoisotopic (exact) mass is 365 g/mol. The van der Waals surface area contributed by atoms with Crippen LogP contribution < -0.4 is 10.2 Å². The molecule has 3 aromatic carbocycles. The average Bonchev–Trinajstić information content (AvgIpc) is 2.68. The van der Waals surface area contributed by atoms with E-state index in [1.165, 1.54) is 13.3 Å². The Bertz CT molecular complexity index is 1060. The highest BCUT2D eigenvalue weighted by Gasteiger charge is 2.16. The number of hydrazone groups is 1. The highest BCUT2D eigenvalue weighted by Crippen LogP contribution is 2.26. The van der Waals surface area contributed by atoms with Crippen LogP contribution in [0, 0.1) is 10.1 Å². The predicted octanol–water partition coefficient (Wildman–Crippen LogP) is 3.23. The van der Waals surface area contributed by atoms with Crippen molar-refractivity contribution in [1.82, 2.24) is 5.43 Å². The Kier molecular flexibility index (Phi) is 4.98. The lowest BCUT2D eigenvalue weighted by atomic mass is 10.0. The second kappa shape index (κ2) is 7.52. The molecule has 0 fully saturated rings. The molecule has 3 rings (SSSR count). The molecule has 0 bridgehead atoms. The van der Waals surface area contributed by atoms with E-state index in [9.17, 15) is 20.0 Å². The number of hydrogen-bond donors (Lipinski definition) is 2. The summed E-state index contributed by atoms with van der Waals surface area (Å²) in [7, 11) is 1.53. The number of nitro groups is 1. The molecule has 136 valence electrons. The van der Waals surface area contributed by atoms with E-state index >= 15 is 0 Å². The molecule has 27 heavy (non-hydrogen) atoms. The zero-order valence-electron chi connectivity index (χ0n) is 14.2. The molecule has 0 atom stereocenters. The Labute approximate surface area is 153 Å². The zero-order valence-corrected chi connectivity index (χ0v) is 14.2. The summed E-state index contributed by atoms with van der Waals surface area (Å²) in [6, 6.07) is 14.5. The number of hydrogen-bond acceptors (Lipinski definition) is 6. The summed E-state index contributed by atoms with van der Waals surface area (Å²) in [5, 5.41) is 26.4. The molecule has 2 N–H and O–H groups in total. The van der Waals surface area contributed by atoms with Crippen LogP contribution in [0.25, 0.3) is 10.8 Å². The Morgan fingerprint density at radius 1 is 1.22 bits per heavy atom. The SMILES string of the molecule is COc1ccc2ccccc2c1/C=N/NC(=O)c1cc([N+](=O)[O-])ccc1O. The molecule has 0 aliphatic rings. The Morgan fingerprint density at radius 3 is 2.74 bits per heavy atom. The van der Waals surface area contributed by atoms with Crippen LogP contribution in [0.15, 0.2) is 59.7 Å². The van der Waals surface area contributed by atoms with Gasteiger partial charge in [-0.1, -0.05) is 30.3 Å². The van der Waals surface area contributed by atoms with Gasteiger partial charge in [0.25, 0.3) is 11.6 Å². The number of carbonyl (C=O) groups is 1. The molecule has 0 heterocycles. The van der Waals surface area contributed by atoms with Crippen molar-refractivity contribution in [1.29, 1.82) is 0 Å². The van der Waals surface area contributed by atoms with Gasteiger partial charge in [-0.3, -0.25) is 14.9 Å². The van der Waals surface area contributed by atoms with E-state index in [2.05, 4.69) is 10.5 Å². The van der Waals surface area contributed by atoms with Gasteiger partial charge in [-0.25, -0.2) is 5.43 Å². The van der Waals surface area contributed by atoms with Gasteiger partial charge in [0, 0.05) is 17.7 Å². The van der Waals surface area contributed by atoms with Crippen molar-refractivity contribution >= 4 is 28.6 Å². The van der Waals surface area contributed by atoms with E-state index < -0.39 is 10.8 Å². The zero-order chi connectivity index (χ0) is 19.4. The highest BCUT2D eigenvalue weighted by atomic mass is 16.6. The number of fused-ring (bicyclic) bond motifs is 1. The van der Waals surface area contributed by atoms with E-state index in [-0.39, 0.29) is 17.0 Å². The number of nitro benzene ring substituents is 1. The molecule has 3 aromatic rings. The van der Waals surface area contributed by atoms with Gasteiger partial charge in [0.1, 0.15) is 11.5 Å². The third kappa shape index (κ3) is 3.69.